The van der Waals surface area contributed by atoms with Crippen molar-refractivity contribution in [2.75, 3.05) is 13.2 Å². The molecular formula is C13H11FN2O4. The van der Waals surface area contributed by atoms with Crippen molar-refractivity contribution in [2.24, 2.45) is 0 Å². The number of H-pyrrole nitrogens is 1. The molecule has 0 amide bonds. The van der Waals surface area contributed by atoms with Crippen molar-refractivity contribution in [3.63, 3.8) is 0 Å². The van der Waals surface area contributed by atoms with Crippen LogP contribution in [0.5, 0.6) is 11.5 Å². The lowest BCUT2D eigenvalue weighted by Gasteiger charge is -2.11. The number of hydrogen-bond acceptors (Lipinski definition) is 4. The van der Waals surface area contributed by atoms with Gasteiger partial charge in [0.15, 0.2) is 17.3 Å². The molecule has 104 valence electrons. The molecule has 1 aliphatic rings. The lowest BCUT2D eigenvalue weighted by Crippen LogP contribution is -1.98. The predicted molar refractivity (Wildman–Crippen MR) is 66.5 cm³/mol. The smallest absolute Gasteiger partial charge is 0.353 e. The molecule has 0 saturated heterocycles. The summed E-state index contributed by atoms with van der Waals surface area (Å²) in [5, 5.41) is 15.2. The van der Waals surface area contributed by atoms with Crippen LogP contribution in [0.1, 0.15) is 16.9 Å². The maximum absolute atomic E-state index is 13.8. The lowest BCUT2D eigenvalue weighted by molar-refractivity contribution is 0.0690. The zero-order chi connectivity index (χ0) is 14.1. The van der Waals surface area contributed by atoms with E-state index in [9.17, 15) is 9.18 Å². The molecule has 0 saturated carbocycles. The Morgan fingerprint density at radius 1 is 1.30 bits per heavy atom. The minimum Gasteiger partial charge on any atom is -0.489 e. The van der Waals surface area contributed by atoms with Gasteiger partial charge in [-0.05, 0) is 18.2 Å². The van der Waals surface area contributed by atoms with Gasteiger partial charge in [0.1, 0.15) is 5.69 Å². The number of rotatable bonds is 2. The Morgan fingerprint density at radius 3 is 2.75 bits per heavy atom. The van der Waals surface area contributed by atoms with Crippen LogP contribution in [0.4, 0.5) is 4.39 Å². The van der Waals surface area contributed by atoms with E-state index in [1.165, 1.54) is 18.2 Å². The van der Waals surface area contributed by atoms with Crippen molar-refractivity contribution in [1.82, 2.24) is 10.2 Å². The molecule has 2 heterocycles. The Hall–Kier alpha value is -2.57. The number of halogens is 1. The summed E-state index contributed by atoms with van der Waals surface area (Å²) >= 11 is 0. The highest BCUT2D eigenvalue weighted by Gasteiger charge is 2.22. The number of aromatic carboxylic acids is 1. The highest BCUT2D eigenvalue weighted by molar-refractivity contribution is 5.87. The van der Waals surface area contributed by atoms with Gasteiger partial charge in [0.25, 0.3) is 0 Å². The Morgan fingerprint density at radius 2 is 2.05 bits per heavy atom. The summed E-state index contributed by atoms with van der Waals surface area (Å²) in [5.41, 5.74) is 0.809. The molecular weight excluding hydrogens is 267 g/mol. The number of aromatic amines is 1. The first-order valence-corrected chi connectivity index (χ1v) is 6.04. The summed E-state index contributed by atoms with van der Waals surface area (Å²) < 4.78 is 24.6. The third kappa shape index (κ3) is 2.07. The lowest BCUT2D eigenvalue weighted by atomic mass is 10.1. The number of ether oxygens (including phenoxy) is 2. The summed E-state index contributed by atoms with van der Waals surface area (Å²) in [6, 6.07) is 4.10. The van der Waals surface area contributed by atoms with E-state index >= 15 is 0 Å². The van der Waals surface area contributed by atoms with Gasteiger partial charge in [-0.15, -0.1) is 0 Å². The van der Waals surface area contributed by atoms with Crippen molar-refractivity contribution >= 4 is 5.97 Å². The van der Waals surface area contributed by atoms with E-state index in [0.717, 1.165) is 0 Å². The molecule has 2 N–H and O–H groups in total. The number of aromatic nitrogens is 2. The number of benzene rings is 1. The van der Waals surface area contributed by atoms with Crippen LogP contribution < -0.4 is 9.47 Å². The van der Waals surface area contributed by atoms with Gasteiger partial charge < -0.3 is 14.6 Å². The molecule has 0 fully saturated rings. The quantitative estimate of drug-likeness (QED) is 0.878. The average Bonchev–Trinajstić information content (AvgIpc) is 2.77. The Bertz CT molecular complexity index is 668. The zero-order valence-electron chi connectivity index (χ0n) is 10.4. The number of carboxylic acids is 1. The fourth-order valence-electron chi connectivity index (χ4n) is 1.99. The normalized spacial score (nSPS) is 13.8. The van der Waals surface area contributed by atoms with E-state index < -0.39 is 11.8 Å². The number of carboxylic acid groups (broad SMARTS) is 1. The number of hydrogen-bond donors (Lipinski definition) is 2. The van der Waals surface area contributed by atoms with Gasteiger partial charge in [-0.2, -0.15) is 5.10 Å². The van der Waals surface area contributed by atoms with Crippen molar-refractivity contribution in [2.45, 2.75) is 6.42 Å². The number of carbonyl (C=O) groups is 1. The summed E-state index contributed by atoms with van der Waals surface area (Å²) in [5.74, 6) is -1.33. The summed E-state index contributed by atoms with van der Waals surface area (Å²) in [7, 11) is 0. The monoisotopic (exact) mass is 278 g/mol. The third-order valence-corrected chi connectivity index (χ3v) is 2.93. The second kappa shape index (κ2) is 4.84. The van der Waals surface area contributed by atoms with Crippen molar-refractivity contribution in [1.29, 1.82) is 0 Å². The predicted octanol–water partition coefficient (Wildman–Crippen LogP) is 2.08. The van der Waals surface area contributed by atoms with Crippen LogP contribution in [0.3, 0.4) is 0 Å². The molecule has 20 heavy (non-hydrogen) atoms. The highest BCUT2D eigenvalue weighted by atomic mass is 19.1. The second-order valence-electron chi connectivity index (χ2n) is 4.28. The van der Waals surface area contributed by atoms with Gasteiger partial charge in [-0.1, -0.05) is 0 Å². The van der Waals surface area contributed by atoms with Crippen LogP contribution in [0, 0.1) is 5.82 Å². The average molecular weight is 278 g/mol. The van der Waals surface area contributed by atoms with Crippen molar-refractivity contribution in [3.05, 3.63) is 29.7 Å². The Labute approximate surface area is 113 Å². The van der Waals surface area contributed by atoms with Crippen LogP contribution in [-0.4, -0.2) is 34.5 Å². The van der Waals surface area contributed by atoms with E-state index in [0.29, 0.717) is 30.9 Å². The molecule has 0 unspecified atom stereocenters. The molecule has 0 spiro atoms. The van der Waals surface area contributed by atoms with E-state index in [1.807, 2.05) is 0 Å². The van der Waals surface area contributed by atoms with Crippen LogP contribution in [0.2, 0.25) is 0 Å². The first-order valence-electron chi connectivity index (χ1n) is 6.04. The number of fused-ring (bicyclic) bond motifs is 1. The molecule has 0 radical (unpaired) electrons. The molecule has 3 rings (SSSR count). The van der Waals surface area contributed by atoms with Crippen LogP contribution >= 0.6 is 0 Å². The number of nitrogens with zero attached hydrogens (tertiary/aromatic N) is 1. The second-order valence-corrected chi connectivity index (χ2v) is 4.28. The molecule has 1 aromatic heterocycles. The zero-order valence-corrected chi connectivity index (χ0v) is 10.4. The van der Waals surface area contributed by atoms with Gasteiger partial charge in [-0.25, -0.2) is 9.18 Å². The van der Waals surface area contributed by atoms with Crippen molar-refractivity contribution < 1.29 is 23.8 Å². The molecule has 1 aromatic carbocycles. The standard InChI is InChI=1S/C13H11FN2O4/c14-8-3-2-7(9-6-10(13(17)18)16-15-9)11-12(8)20-5-1-4-19-11/h2-3,6H,1,4-5H2,(H,15,16)(H,17,18). The molecule has 7 heteroatoms. The van der Waals surface area contributed by atoms with Gasteiger partial charge in [0.05, 0.1) is 18.9 Å². The first-order chi connectivity index (χ1) is 9.66. The molecule has 1 aliphatic heterocycles. The summed E-state index contributed by atoms with van der Waals surface area (Å²) in [6.07, 6.45) is 0.647. The molecule has 6 nitrogen and oxygen atoms in total. The molecule has 2 aromatic rings. The van der Waals surface area contributed by atoms with Crippen molar-refractivity contribution in [3.8, 4) is 22.8 Å². The largest absolute Gasteiger partial charge is 0.489 e. The minimum absolute atomic E-state index is 0.0416. The molecule has 0 atom stereocenters. The van der Waals surface area contributed by atoms with Crippen LogP contribution in [-0.2, 0) is 0 Å². The van der Waals surface area contributed by atoms with Gasteiger partial charge in [0.2, 0.25) is 0 Å². The van der Waals surface area contributed by atoms with Crippen LogP contribution in [0.15, 0.2) is 18.2 Å². The van der Waals surface area contributed by atoms with E-state index in [-0.39, 0.29) is 17.2 Å². The minimum atomic E-state index is -1.12. The molecule has 0 aliphatic carbocycles. The fraction of sp³-hybridized carbons (Fsp3) is 0.231. The van der Waals surface area contributed by atoms with E-state index in [2.05, 4.69) is 10.2 Å². The third-order valence-electron chi connectivity index (χ3n) is 2.93. The maximum atomic E-state index is 13.8. The van der Waals surface area contributed by atoms with Gasteiger partial charge >= 0.3 is 5.97 Å². The molecule has 0 bridgehead atoms. The topological polar surface area (TPSA) is 84.4 Å². The Kier molecular flexibility index (Phi) is 3.02. The highest BCUT2D eigenvalue weighted by Crippen LogP contribution is 2.40. The summed E-state index contributed by atoms with van der Waals surface area (Å²) in [6.45, 7) is 0.772. The van der Waals surface area contributed by atoms with E-state index in [1.54, 1.807) is 0 Å². The summed E-state index contributed by atoms with van der Waals surface area (Å²) in [4.78, 5) is 10.9. The fourth-order valence-corrected chi connectivity index (χ4v) is 1.99. The first kappa shape index (κ1) is 12.5. The van der Waals surface area contributed by atoms with E-state index in [4.69, 9.17) is 14.6 Å². The maximum Gasteiger partial charge on any atom is 0.353 e. The Balaban J connectivity index is 2.11. The number of nitrogens with one attached hydrogen (secondary N) is 1. The van der Waals surface area contributed by atoms with Gasteiger partial charge in [0, 0.05) is 12.0 Å². The van der Waals surface area contributed by atoms with Gasteiger partial charge in [-0.3, -0.25) is 5.10 Å². The van der Waals surface area contributed by atoms with Crippen LogP contribution in [0.25, 0.3) is 11.3 Å². The SMILES string of the molecule is O=C(O)c1cc(-c2ccc(F)c3c2OCCCO3)n[nH]1.